The zero-order chi connectivity index (χ0) is 15.2. The van der Waals surface area contributed by atoms with Crippen LogP contribution in [0.1, 0.15) is 24.1 Å². The lowest BCUT2D eigenvalue weighted by Gasteiger charge is -2.20. The van der Waals surface area contributed by atoms with Gasteiger partial charge in [0.05, 0.1) is 26.5 Å². The van der Waals surface area contributed by atoms with E-state index in [-0.39, 0.29) is 11.9 Å². The molecule has 0 bridgehead atoms. The fourth-order valence-electron chi connectivity index (χ4n) is 2.21. The molecule has 1 aromatic heterocycles. The number of hydrogen-bond acceptors (Lipinski definition) is 4. The van der Waals surface area contributed by atoms with Crippen molar-refractivity contribution in [1.29, 1.82) is 0 Å². The third kappa shape index (κ3) is 3.70. The molecule has 2 aromatic rings. The van der Waals surface area contributed by atoms with Crippen LogP contribution >= 0.6 is 0 Å². The Bertz CT molecular complexity index is 582. The first-order valence-electron chi connectivity index (χ1n) is 6.74. The summed E-state index contributed by atoms with van der Waals surface area (Å²) in [5, 5.41) is 3.33. The van der Waals surface area contributed by atoms with Crippen molar-refractivity contribution in [3.8, 4) is 11.5 Å². The lowest BCUT2D eigenvalue weighted by molar-refractivity contribution is 0.392. The topological polar surface area (TPSA) is 43.4 Å². The lowest BCUT2D eigenvalue weighted by atomic mass is 9.99. The second-order valence-corrected chi connectivity index (χ2v) is 4.57. The number of ether oxygens (including phenoxy) is 2. The van der Waals surface area contributed by atoms with E-state index in [1.807, 2.05) is 19.1 Å². The zero-order valence-electron chi connectivity index (χ0n) is 12.4. The monoisotopic (exact) mass is 290 g/mol. The molecule has 1 N–H and O–H groups in total. The summed E-state index contributed by atoms with van der Waals surface area (Å²) >= 11 is 0. The minimum absolute atomic E-state index is 0.179. The molecular formula is C16H19FN2O2. The van der Waals surface area contributed by atoms with Crippen molar-refractivity contribution in [1.82, 2.24) is 10.3 Å². The first-order chi connectivity index (χ1) is 10.2. The summed E-state index contributed by atoms with van der Waals surface area (Å²) in [6.45, 7) is 2.73. The first-order valence-corrected chi connectivity index (χ1v) is 6.74. The van der Waals surface area contributed by atoms with Gasteiger partial charge in [-0.1, -0.05) is 6.92 Å². The second-order valence-electron chi connectivity index (χ2n) is 4.57. The quantitative estimate of drug-likeness (QED) is 0.888. The van der Waals surface area contributed by atoms with Gasteiger partial charge in [-0.05, 0) is 35.9 Å². The fourth-order valence-corrected chi connectivity index (χ4v) is 2.21. The van der Waals surface area contributed by atoms with Gasteiger partial charge in [-0.15, -0.1) is 0 Å². The van der Waals surface area contributed by atoms with Gasteiger partial charge in [0.1, 0.15) is 17.3 Å². The summed E-state index contributed by atoms with van der Waals surface area (Å²) in [4.78, 5) is 3.92. The van der Waals surface area contributed by atoms with Crippen LogP contribution in [-0.2, 0) is 0 Å². The maximum atomic E-state index is 13.4. The molecule has 0 radical (unpaired) electrons. The van der Waals surface area contributed by atoms with Gasteiger partial charge in [0, 0.05) is 12.3 Å². The van der Waals surface area contributed by atoms with Crippen LogP contribution in [0, 0.1) is 5.82 Å². The third-order valence-corrected chi connectivity index (χ3v) is 3.17. The minimum atomic E-state index is -0.356. The van der Waals surface area contributed by atoms with Crippen molar-refractivity contribution < 1.29 is 13.9 Å². The summed E-state index contributed by atoms with van der Waals surface area (Å²) in [7, 11) is 3.20. The van der Waals surface area contributed by atoms with Gasteiger partial charge in [0.2, 0.25) is 0 Å². The molecule has 1 heterocycles. The van der Waals surface area contributed by atoms with E-state index in [1.54, 1.807) is 26.5 Å². The summed E-state index contributed by atoms with van der Waals surface area (Å²) < 4.78 is 24.0. The predicted molar refractivity (Wildman–Crippen MR) is 79.3 cm³/mol. The molecular weight excluding hydrogens is 271 g/mol. The molecule has 2 rings (SSSR count). The summed E-state index contributed by atoms with van der Waals surface area (Å²) in [5.41, 5.74) is 1.69. The van der Waals surface area contributed by atoms with E-state index in [2.05, 4.69) is 10.3 Å². The number of hydrogen-bond donors (Lipinski definition) is 1. The van der Waals surface area contributed by atoms with Crippen LogP contribution in [0.4, 0.5) is 4.39 Å². The number of methoxy groups -OCH3 is 2. The van der Waals surface area contributed by atoms with E-state index in [4.69, 9.17) is 9.47 Å². The molecule has 1 unspecified atom stereocenters. The molecule has 4 nitrogen and oxygen atoms in total. The highest BCUT2D eigenvalue weighted by Gasteiger charge is 2.16. The van der Waals surface area contributed by atoms with E-state index in [1.165, 1.54) is 12.3 Å². The average Bonchev–Trinajstić information content (AvgIpc) is 2.52. The molecule has 0 aliphatic carbocycles. The predicted octanol–water partition coefficient (Wildman–Crippen LogP) is 2.94. The minimum Gasteiger partial charge on any atom is -0.497 e. The number of halogens is 1. The standard InChI is InChI=1S/C16H19FN2O2/c1-4-19-16(12-5-13(17)10-18-9-12)11-6-14(20-2)8-15(7-11)21-3/h5-10,16,19H,4H2,1-3H3. The Morgan fingerprint density at radius 2 is 1.71 bits per heavy atom. The Morgan fingerprint density at radius 1 is 1.05 bits per heavy atom. The lowest BCUT2D eigenvalue weighted by Crippen LogP contribution is -2.22. The third-order valence-electron chi connectivity index (χ3n) is 3.17. The summed E-state index contributed by atoms with van der Waals surface area (Å²) in [5.74, 6) is 1.03. The van der Waals surface area contributed by atoms with Crippen LogP contribution in [0.2, 0.25) is 0 Å². The van der Waals surface area contributed by atoms with E-state index < -0.39 is 0 Å². The highest BCUT2D eigenvalue weighted by atomic mass is 19.1. The number of aromatic nitrogens is 1. The van der Waals surface area contributed by atoms with E-state index in [0.29, 0.717) is 11.5 Å². The Morgan fingerprint density at radius 3 is 2.24 bits per heavy atom. The Labute approximate surface area is 123 Å². The number of rotatable bonds is 6. The summed E-state index contributed by atoms with van der Waals surface area (Å²) in [6.07, 6.45) is 2.85. The van der Waals surface area contributed by atoms with Crippen LogP contribution in [0.25, 0.3) is 0 Å². The fraction of sp³-hybridized carbons (Fsp3) is 0.312. The first kappa shape index (κ1) is 15.3. The zero-order valence-corrected chi connectivity index (χ0v) is 12.4. The molecule has 0 spiro atoms. The van der Waals surface area contributed by atoms with Crippen molar-refractivity contribution >= 4 is 0 Å². The van der Waals surface area contributed by atoms with Crippen LogP contribution in [0.15, 0.2) is 36.7 Å². The number of nitrogens with zero attached hydrogens (tertiary/aromatic N) is 1. The molecule has 1 aromatic carbocycles. The highest BCUT2D eigenvalue weighted by Crippen LogP contribution is 2.29. The average molecular weight is 290 g/mol. The van der Waals surface area contributed by atoms with Gasteiger partial charge in [0.25, 0.3) is 0 Å². The molecule has 21 heavy (non-hydrogen) atoms. The number of nitrogens with one attached hydrogen (secondary N) is 1. The van der Waals surface area contributed by atoms with Gasteiger partial charge >= 0.3 is 0 Å². The normalized spacial score (nSPS) is 12.0. The molecule has 5 heteroatoms. The largest absolute Gasteiger partial charge is 0.497 e. The van der Waals surface area contributed by atoms with Crippen LogP contribution in [-0.4, -0.2) is 25.7 Å². The number of benzene rings is 1. The van der Waals surface area contributed by atoms with Crippen molar-refractivity contribution in [3.05, 3.63) is 53.6 Å². The van der Waals surface area contributed by atoms with Gasteiger partial charge in [-0.3, -0.25) is 4.98 Å². The Kier molecular flexibility index (Phi) is 5.11. The maximum Gasteiger partial charge on any atom is 0.141 e. The molecule has 0 fully saturated rings. The molecule has 0 amide bonds. The van der Waals surface area contributed by atoms with Gasteiger partial charge in [-0.2, -0.15) is 0 Å². The van der Waals surface area contributed by atoms with Gasteiger partial charge in [0.15, 0.2) is 0 Å². The highest BCUT2D eigenvalue weighted by molar-refractivity contribution is 5.42. The van der Waals surface area contributed by atoms with Crippen LogP contribution in [0.5, 0.6) is 11.5 Å². The molecule has 0 saturated heterocycles. The van der Waals surface area contributed by atoms with Crippen LogP contribution < -0.4 is 14.8 Å². The molecule has 1 atom stereocenters. The van der Waals surface area contributed by atoms with Crippen molar-refractivity contribution in [3.63, 3.8) is 0 Å². The molecule has 0 aliphatic rings. The molecule has 0 aliphatic heterocycles. The Hall–Kier alpha value is -2.14. The SMILES string of the molecule is CCNC(c1cncc(F)c1)c1cc(OC)cc(OC)c1. The number of pyridine rings is 1. The smallest absolute Gasteiger partial charge is 0.141 e. The van der Waals surface area contributed by atoms with Crippen molar-refractivity contribution in [2.24, 2.45) is 0 Å². The van der Waals surface area contributed by atoms with Crippen molar-refractivity contribution in [2.45, 2.75) is 13.0 Å². The molecule has 0 saturated carbocycles. The summed E-state index contributed by atoms with van der Waals surface area (Å²) in [6, 6.07) is 6.91. The maximum absolute atomic E-state index is 13.4. The van der Waals surface area contributed by atoms with E-state index in [0.717, 1.165) is 17.7 Å². The molecule has 112 valence electrons. The van der Waals surface area contributed by atoms with Gasteiger partial charge < -0.3 is 14.8 Å². The van der Waals surface area contributed by atoms with E-state index in [9.17, 15) is 4.39 Å². The van der Waals surface area contributed by atoms with Crippen molar-refractivity contribution in [2.75, 3.05) is 20.8 Å². The van der Waals surface area contributed by atoms with E-state index >= 15 is 0 Å². The Balaban J connectivity index is 2.46. The van der Waals surface area contributed by atoms with Gasteiger partial charge in [-0.25, -0.2) is 4.39 Å². The second kappa shape index (κ2) is 7.04. The van der Waals surface area contributed by atoms with Crippen LogP contribution in [0.3, 0.4) is 0 Å².